The first kappa shape index (κ1) is 19.7. The van der Waals surface area contributed by atoms with Gasteiger partial charge < -0.3 is 19.5 Å². The van der Waals surface area contributed by atoms with Crippen molar-refractivity contribution in [3.05, 3.63) is 29.3 Å². The topological polar surface area (TPSA) is 54.3 Å². The van der Waals surface area contributed by atoms with Crippen molar-refractivity contribution in [3.63, 3.8) is 0 Å². The van der Waals surface area contributed by atoms with Gasteiger partial charge in [0.2, 0.25) is 0 Å². The van der Waals surface area contributed by atoms with E-state index in [0.717, 1.165) is 55.5 Å². The van der Waals surface area contributed by atoms with Gasteiger partial charge >= 0.3 is 0 Å². The molecule has 4 aliphatic rings. The summed E-state index contributed by atoms with van der Waals surface area (Å²) in [5, 5.41) is 12.5. The normalized spacial score (nSPS) is 36.0. The van der Waals surface area contributed by atoms with Crippen molar-refractivity contribution in [1.29, 1.82) is 0 Å². The van der Waals surface area contributed by atoms with Crippen molar-refractivity contribution >= 4 is 16.9 Å². The number of aliphatic hydroxyl groups excluding tert-OH is 1. The highest BCUT2D eigenvalue weighted by atomic mass is 32.2. The van der Waals surface area contributed by atoms with Crippen molar-refractivity contribution in [3.8, 4) is 5.75 Å². The summed E-state index contributed by atoms with van der Waals surface area (Å²) in [7, 11) is 3.78. The van der Waals surface area contributed by atoms with Crippen LogP contribution in [0.3, 0.4) is 0 Å². The molecule has 1 aromatic rings. The molecule has 2 unspecified atom stereocenters. The zero-order valence-corrected chi connectivity index (χ0v) is 18.5. The molecule has 1 aliphatic heterocycles. The van der Waals surface area contributed by atoms with Crippen molar-refractivity contribution in [2.24, 2.45) is 16.3 Å². The van der Waals surface area contributed by atoms with E-state index in [1.165, 1.54) is 24.0 Å². The van der Waals surface area contributed by atoms with Gasteiger partial charge in [0.15, 0.2) is 11.4 Å². The number of aliphatic hydroxyl groups is 1. The molecule has 2 fully saturated rings. The molecule has 1 heterocycles. The average molecular weight is 417 g/mol. The zero-order chi connectivity index (χ0) is 20.2. The molecule has 5 nitrogen and oxygen atoms in total. The lowest BCUT2D eigenvalue weighted by molar-refractivity contribution is -0.0765. The molecular formula is C23H32N2O3S. The number of methoxy groups -OCH3 is 1. The first-order valence-electron chi connectivity index (χ1n) is 10.9. The molecule has 6 heteroatoms. The van der Waals surface area contributed by atoms with Gasteiger partial charge in [-0.15, -0.1) is 0 Å². The summed E-state index contributed by atoms with van der Waals surface area (Å²) in [6, 6.07) is 6.51. The molecule has 0 saturated heterocycles. The Morgan fingerprint density at radius 3 is 2.62 bits per heavy atom. The number of likely N-dealkylation sites (N-methyl/N-ethyl adjacent to an activating group) is 1. The van der Waals surface area contributed by atoms with Crippen LogP contribution in [0.4, 0.5) is 0 Å². The standard InChI is InChI=1S/C23H32N2O3S/c1-25-20(26)23(24-21(25)29-3)19-12-18(28-14-15-4-5-15)7-6-16(19)13-22(23)10-8-17(27-2)9-11-22/h6-7,12,15,17,20,26H,4-5,8-11,13-14H2,1-3H3. The largest absolute Gasteiger partial charge is 0.493 e. The minimum absolute atomic E-state index is 0.0648. The molecule has 1 N–H and O–H groups in total. The highest BCUT2D eigenvalue weighted by Crippen LogP contribution is 2.63. The second-order valence-electron chi connectivity index (χ2n) is 9.31. The zero-order valence-electron chi connectivity index (χ0n) is 17.7. The first-order valence-corrected chi connectivity index (χ1v) is 12.1. The number of amidine groups is 1. The van der Waals surface area contributed by atoms with Crippen LogP contribution >= 0.6 is 11.8 Å². The molecular weight excluding hydrogens is 384 g/mol. The van der Waals surface area contributed by atoms with E-state index in [2.05, 4.69) is 18.2 Å². The maximum Gasteiger partial charge on any atom is 0.161 e. The van der Waals surface area contributed by atoms with Gasteiger partial charge in [0.1, 0.15) is 11.3 Å². The van der Waals surface area contributed by atoms with Crippen molar-refractivity contribution in [1.82, 2.24) is 4.90 Å². The Labute approximate surface area is 177 Å². The summed E-state index contributed by atoms with van der Waals surface area (Å²) in [4.78, 5) is 7.24. The predicted molar refractivity (Wildman–Crippen MR) is 116 cm³/mol. The molecule has 0 aromatic heterocycles. The average Bonchev–Trinajstić information content (AvgIpc) is 3.49. The predicted octanol–water partition coefficient (Wildman–Crippen LogP) is 3.79. The summed E-state index contributed by atoms with van der Waals surface area (Å²) in [5.41, 5.74) is 1.81. The van der Waals surface area contributed by atoms with Gasteiger partial charge in [-0.05, 0) is 80.4 Å². The number of hydrogen-bond acceptors (Lipinski definition) is 6. The molecule has 0 amide bonds. The Hall–Kier alpha value is -1.24. The van der Waals surface area contributed by atoms with E-state index < -0.39 is 11.8 Å². The van der Waals surface area contributed by atoms with Gasteiger partial charge in [0.25, 0.3) is 0 Å². The van der Waals surface area contributed by atoms with Gasteiger partial charge in [-0.25, -0.2) is 4.99 Å². The van der Waals surface area contributed by atoms with E-state index in [-0.39, 0.29) is 5.41 Å². The summed E-state index contributed by atoms with van der Waals surface area (Å²) < 4.78 is 11.8. The Morgan fingerprint density at radius 2 is 2.00 bits per heavy atom. The van der Waals surface area contributed by atoms with E-state index in [4.69, 9.17) is 14.5 Å². The SMILES string of the molecule is COC1CCC2(CC1)Cc1ccc(OCC3CC3)cc1C21N=C(SC)N(C)C1O. The lowest BCUT2D eigenvalue weighted by atomic mass is 9.61. The molecule has 2 saturated carbocycles. The molecule has 5 rings (SSSR count). The third kappa shape index (κ3) is 2.94. The highest BCUT2D eigenvalue weighted by molar-refractivity contribution is 8.13. The first-order chi connectivity index (χ1) is 14.0. The summed E-state index contributed by atoms with van der Waals surface area (Å²) >= 11 is 1.62. The molecule has 0 radical (unpaired) electrons. The van der Waals surface area contributed by atoms with Crippen LogP contribution < -0.4 is 4.74 Å². The maximum absolute atomic E-state index is 11.6. The van der Waals surface area contributed by atoms with Gasteiger partial charge in [-0.3, -0.25) is 0 Å². The number of rotatable bonds is 4. The Balaban J connectivity index is 1.57. The second kappa shape index (κ2) is 7.17. The number of nitrogens with zero attached hydrogens (tertiary/aromatic N) is 2. The number of thioether (sulfide) groups is 1. The fraction of sp³-hybridized carbons (Fsp3) is 0.696. The summed E-state index contributed by atoms with van der Waals surface area (Å²) in [5.74, 6) is 1.64. The Morgan fingerprint density at radius 1 is 1.24 bits per heavy atom. The van der Waals surface area contributed by atoms with Gasteiger partial charge in [0, 0.05) is 19.6 Å². The molecule has 158 valence electrons. The number of benzene rings is 1. The van der Waals surface area contributed by atoms with E-state index in [9.17, 15) is 5.11 Å². The third-order valence-corrected chi connectivity index (χ3v) is 8.48. The Bertz CT molecular complexity index is 816. The number of fused-ring (bicyclic) bond motifs is 3. The van der Waals surface area contributed by atoms with Crippen molar-refractivity contribution in [2.45, 2.75) is 62.8 Å². The molecule has 0 bridgehead atoms. The van der Waals surface area contributed by atoms with Crippen LogP contribution in [-0.2, 0) is 16.7 Å². The van der Waals surface area contributed by atoms with Crippen LogP contribution in [0, 0.1) is 11.3 Å². The Kier molecular flexibility index (Phi) is 4.87. The number of ether oxygens (including phenoxy) is 2. The quantitative estimate of drug-likeness (QED) is 0.809. The fourth-order valence-electron chi connectivity index (χ4n) is 5.83. The van der Waals surface area contributed by atoms with Crippen molar-refractivity contribution in [2.75, 3.05) is 27.0 Å². The highest BCUT2D eigenvalue weighted by Gasteiger charge is 2.65. The van der Waals surface area contributed by atoms with Crippen LogP contribution in [-0.4, -0.2) is 54.5 Å². The van der Waals surface area contributed by atoms with Crippen LogP contribution in [0.15, 0.2) is 23.2 Å². The molecule has 29 heavy (non-hydrogen) atoms. The maximum atomic E-state index is 11.6. The molecule has 3 aliphatic carbocycles. The van der Waals surface area contributed by atoms with Gasteiger partial charge in [-0.2, -0.15) is 0 Å². The minimum atomic E-state index is -0.649. The van der Waals surface area contributed by atoms with Crippen LogP contribution in [0.5, 0.6) is 5.75 Å². The van der Waals surface area contributed by atoms with Gasteiger partial charge in [0.05, 0.1) is 12.7 Å². The molecule has 2 atom stereocenters. The molecule has 2 spiro atoms. The summed E-state index contributed by atoms with van der Waals surface area (Å²) in [6.07, 6.45) is 9.34. The number of hydrogen-bond donors (Lipinski definition) is 1. The molecule has 1 aromatic carbocycles. The second-order valence-corrected chi connectivity index (χ2v) is 10.1. The van der Waals surface area contributed by atoms with E-state index in [1.54, 1.807) is 11.8 Å². The van der Waals surface area contributed by atoms with Crippen molar-refractivity contribution < 1.29 is 14.6 Å². The lowest BCUT2D eigenvalue weighted by Gasteiger charge is -2.48. The van der Waals surface area contributed by atoms with Crippen LogP contribution in [0.25, 0.3) is 0 Å². The van der Waals surface area contributed by atoms with Gasteiger partial charge in [-0.1, -0.05) is 17.8 Å². The smallest absolute Gasteiger partial charge is 0.161 e. The van der Waals surface area contributed by atoms with E-state index in [0.29, 0.717) is 6.10 Å². The third-order valence-electron chi connectivity index (χ3n) is 7.73. The fourth-order valence-corrected chi connectivity index (χ4v) is 6.45. The van der Waals surface area contributed by atoms with Crippen LogP contribution in [0.1, 0.15) is 49.7 Å². The lowest BCUT2D eigenvalue weighted by Crippen LogP contribution is -2.53. The van der Waals surface area contributed by atoms with E-state index >= 15 is 0 Å². The monoisotopic (exact) mass is 416 g/mol. The summed E-state index contributed by atoms with van der Waals surface area (Å²) in [6.45, 7) is 0.800. The number of aliphatic imine (C=N–C) groups is 1. The van der Waals surface area contributed by atoms with E-state index in [1.807, 2.05) is 25.3 Å². The minimum Gasteiger partial charge on any atom is -0.493 e. The van der Waals surface area contributed by atoms with Crippen LogP contribution in [0.2, 0.25) is 0 Å².